The molecule has 0 aromatic heterocycles. The van der Waals surface area contributed by atoms with E-state index in [4.69, 9.17) is 9.47 Å². The zero-order valence-electron chi connectivity index (χ0n) is 10.7. The maximum Gasteiger partial charge on any atom is 0.161 e. The third kappa shape index (κ3) is 3.76. The molecule has 0 aliphatic heterocycles. The maximum atomic E-state index is 5.89. The summed E-state index contributed by atoms with van der Waals surface area (Å²) in [6.07, 6.45) is 3.75. The highest BCUT2D eigenvalue weighted by Crippen LogP contribution is 2.29. The number of benzene rings is 1. The molecule has 0 bridgehead atoms. The van der Waals surface area contributed by atoms with E-state index in [9.17, 15) is 0 Å². The summed E-state index contributed by atoms with van der Waals surface area (Å²) in [7, 11) is 1.67. The summed E-state index contributed by atoms with van der Waals surface area (Å²) in [4.78, 5) is 0. The van der Waals surface area contributed by atoms with Crippen molar-refractivity contribution in [2.45, 2.75) is 46.1 Å². The number of unbranched alkanes of at least 4 members (excludes halogenated alkanes) is 1. The maximum absolute atomic E-state index is 5.89. The van der Waals surface area contributed by atoms with Crippen LogP contribution < -0.4 is 9.47 Å². The minimum atomic E-state index is 0.246. The van der Waals surface area contributed by atoms with E-state index in [1.807, 2.05) is 18.2 Å². The van der Waals surface area contributed by atoms with E-state index >= 15 is 0 Å². The van der Waals surface area contributed by atoms with Crippen LogP contribution in [0.25, 0.3) is 0 Å². The molecule has 0 N–H and O–H groups in total. The molecular weight excluding hydrogens is 200 g/mol. The summed E-state index contributed by atoms with van der Waals surface area (Å²) in [5.74, 6) is 1.67. The number of hydrogen-bond donors (Lipinski definition) is 0. The van der Waals surface area contributed by atoms with Crippen molar-refractivity contribution in [3.63, 3.8) is 0 Å². The van der Waals surface area contributed by atoms with Crippen molar-refractivity contribution in [2.75, 3.05) is 7.11 Å². The summed E-state index contributed by atoms with van der Waals surface area (Å²) in [6, 6.07) is 6.01. The van der Waals surface area contributed by atoms with Crippen LogP contribution in [0.5, 0.6) is 11.5 Å². The molecule has 1 aromatic carbocycles. The lowest BCUT2D eigenvalue weighted by Crippen LogP contribution is -2.12. The first kappa shape index (κ1) is 12.9. The van der Waals surface area contributed by atoms with Crippen LogP contribution in [-0.2, 0) is 0 Å². The first-order chi connectivity index (χ1) is 7.67. The zero-order valence-corrected chi connectivity index (χ0v) is 10.7. The summed E-state index contributed by atoms with van der Waals surface area (Å²) < 4.78 is 11.2. The SMILES string of the molecule is CCCCC(C)Oc1cc(C)ccc1OC. The topological polar surface area (TPSA) is 18.5 Å². The van der Waals surface area contributed by atoms with Gasteiger partial charge in [-0.1, -0.05) is 25.8 Å². The van der Waals surface area contributed by atoms with Crippen LogP contribution in [0.15, 0.2) is 18.2 Å². The van der Waals surface area contributed by atoms with E-state index in [0.29, 0.717) is 0 Å². The summed E-state index contributed by atoms with van der Waals surface area (Å²) in [5, 5.41) is 0. The fourth-order valence-corrected chi connectivity index (χ4v) is 1.64. The van der Waals surface area contributed by atoms with Crippen molar-refractivity contribution in [3.8, 4) is 11.5 Å². The fraction of sp³-hybridized carbons (Fsp3) is 0.571. The van der Waals surface area contributed by atoms with Crippen LogP contribution in [-0.4, -0.2) is 13.2 Å². The molecule has 0 heterocycles. The van der Waals surface area contributed by atoms with Gasteiger partial charge in [0.2, 0.25) is 0 Å². The van der Waals surface area contributed by atoms with E-state index in [-0.39, 0.29) is 6.10 Å². The van der Waals surface area contributed by atoms with Crippen molar-refractivity contribution in [2.24, 2.45) is 0 Å². The second-order valence-electron chi connectivity index (χ2n) is 4.23. The number of methoxy groups -OCH3 is 1. The molecule has 1 atom stereocenters. The van der Waals surface area contributed by atoms with Crippen molar-refractivity contribution in [3.05, 3.63) is 23.8 Å². The molecule has 16 heavy (non-hydrogen) atoms. The van der Waals surface area contributed by atoms with Crippen LogP contribution in [0.2, 0.25) is 0 Å². The van der Waals surface area contributed by atoms with Gasteiger partial charge in [0.15, 0.2) is 11.5 Å². The van der Waals surface area contributed by atoms with Crippen molar-refractivity contribution < 1.29 is 9.47 Å². The van der Waals surface area contributed by atoms with E-state index < -0.39 is 0 Å². The molecule has 0 spiro atoms. The standard InChI is InChI=1S/C14H22O2/c1-5-6-7-12(3)16-14-10-11(2)8-9-13(14)15-4/h8-10,12H,5-7H2,1-4H3. The highest BCUT2D eigenvalue weighted by molar-refractivity contribution is 5.42. The summed E-state index contributed by atoms with van der Waals surface area (Å²) >= 11 is 0. The Morgan fingerprint density at radius 2 is 2.00 bits per heavy atom. The molecule has 0 radical (unpaired) electrons. The Labute approximate surface area is 98.6 Å². The van der Waals surface area contributed by atoms with E-state index in [0.717, 1.165) is 17.9 Å². The molecule has 0 amide bonds. The van der Waals surface area contributed by atoms with Crippen LogP contribution in [0.3, 0.4) is 0 Å². The van der Waals surface area contributed by atoms with Crippen molar-refractivity contribution in [1.82, 2.24) is 0 Å². The predicted molar refractivity (Wildman–Crippen MR) is 67.3 cm³/mol. The van der Waals surface area contributed by atoms with Crippen LogP contribution in [0, 0.1) is 6.92 Å². The molecule has 0 saturated carbocycles. The highest BCUT2D eigenvalue weighted by Gasteiger charge is 2.08. The number of hydrogen-bond acceptors (Lipinski definition) is 2. The molecular formula is C14H22O2. The third-order valence-electron chi connectivity index (χ3n) is 2.61. The van der Waals surface area contributed by atoms with Gasteiger partial charge in [0.25, 0.3) is 0 Å². The Morgan fingerprint density at radius 3 is 2.62 bits per heavy atom. The Kier molecular flexibility index (Phi) is 5.17. The van der Waals surface area contributed by atoms with Gasteiger partial charge in [-0.2, -0.15) is 0 Å². The molecule has 0 saturated heterocycles. The van der Waals surface area contributed by atoms with Gasteiger partial charge in [0.1, 0.15) is 0 Å². The van der Waals surface area contributed by atoms with Gasteiger partial charge in [0.05, 0.1) is 13.2 Å². The molecule has 90 valence electrons. The molecule has 2 nitrogen and oxygen atoms in total. The molecule has 0 aliphatic rings. The van der Waals surface area contributed by atoms with Gasteiger partial charge in [-0.05, 0) is 38.0 Å². The van der Waals surface area contributed by atoms with Crippen LogP contribution >= 0.6 is 0 Å². The third-order valence-corrected chi connectivity index (χ3v) is 2.61. The molecule has 2 heteroatoms. The Balaban J connectivity index is 2.67. The largest absolute Gasteiger partial charge is 0.493 e. The number of aryl methyl sites for hydroxylation is 1. The lowest BCUT2D eigenvalue weighted by molar-refractivity contribution is 0.198. The quantitative estimate of drug-likeness (QED) is 0.725. The lowest BCUT2D eigenvalue weighted by atomic mass is 10.2. The van der Waals surface area contributed by atoms with Gasteiger partial charge >= 0.3 is 0 Å². The fourth-order valence-electron chi connectivity index (χ4n) is 1.64. The smallest absolute Gasteiger partial charge is 0.161 e. The Morgan fingerprint density at radius 1 is 1.25 bits per heavy atom. The minimum absolute atomic E-state index is 0.246. The normalized spacial score (nSPS) is 12.2. The van der Waals surface area contributed by atoms with Gasteiger partial charge < -0.3 is 9.47 Å². The first-order valence-corrected chi connectivity index (χ1v) is 5.98. The Bertz CT molecular complexity index is 321. The lowest BCUT2D eigenvalue weighted by Gasteiger charge is -2.17. The van der Waals surface area contributed by atoms with E-state index in [2.05, 4.69) is 20.8 Å². The number of rotatable bonds is 6. The molecule has 1 rings (SSSR count). The summed E-state index contributed by atoms with van der Waals surface area (Å²) in [5.41, 5.74) is 1.19. The molecule has 1 aromatic rings. The summed E-state index contributed by atoms with van der Waals surface area (Å²) in [6.45, 7) is 6.36. The Hall–Kier alpha value is -1.18. The van der Waals surface area contributed by atoms with Crippen molar-refractivity contribution >= 4 is 0 Å². The van der Waals surface area contributed by atoms with Gasteiger partial charge in [-0.3, -0.25) is 0 Å². The minimum Gasteiger partial charge on any atom is -0.493 e. The van der Waals surface area contributed by atoms with Gasteiger partial charge in [-0.15, -0.1) is 0 Å². The highest BCUT2D eigenvalue weighted by atomic mass is 16.5. The monoisotopic (exact) mass is 222 g/mol. The van der Waals surface area contributed by atoms with Crippen LogP contribution in [0.4, 0.5) is 0 Å². The average Bonchev–Trinajstić information content (AvgIpc) is 2.27. The second kappa shape index (κ2) is 6.41. The van der Waals surface area contributed by atoms with E-state index in [1.165, 1.54) is 18.4 Å². The molecule has 0 fully saturated rings. The first-order valence-electron chi connectivity index (χ1n) is 5.98. The zero-order chi connectivity index (χ0) is 12.0. The van der Waals surface area contributed by atoms with Crippen LogP contribution in [0.1, 0.15) is 38.7 Å². The van der Waals surface area contributed by atoms with Crippen molar-refractivity contribution in [1.29, 1.82) is 0 Å². The van der Waals surface area contributed by atoms with Gasteiger partial charge in [0, 0.05) is 0 Å². The molecule has 1 unspecified atom stereocenters. The predicted octanol–water partition coefficient (Wildman–Crippen LogP) is 3.96. The second-order valence-corrected chi connectivity index (χ2v) is 4.23. The van der Waals surface area contributed by atoms with Gasteiger partial charge in [-0.25, -0.2) is 0 Å². The molecule has 0 aliphatic carbocycles. The number of ether oxygens (including phenoxy) is 2. The average molecular weight is 222 g/mol. The van der Waals surface area contributed by atoms with E-state index in [1.54, 1.807) is 7.11 Å².